The molecular formula is C26H32F2N4O5. The van der Waals surface area contributed by atoms with E-state index in [-0.39, 0.29) is 54.9 Å². The lowest BCUT2D eigenvalue weighted by Gasteiger charge is -2.42. The van der Waals surface area contributed by atoms with Crippen molar-refractivity contribution in [3.63, 3.8) is 0 Å². The zero-order chi connectivity index (χ0) is 26.9. The van der Waals surface area contributed by atoms with Crippen molar-refractivity contribution in [1.82, 2.24) is 14.8 Å². The summed E-state index contributed by atoms with van der Waals surface area (Å²) in [5.41, 5.74) is 3.49. The molecule has 0 spiro atoms. The molecule has 1 unspecified atom stereocenters. The van der Waals surface area contributed by atoms with Crippen molar-refractivity contribution >= 4 is 11.8 Å². The second kappa shape index (κ2) is 10.6. The molecule has 1 aromatic carbocycles. The number of pyridine rings is 1. The Morgan fingerprint density at radius 3 is 2.76 bits per heavy atom. The summed E-state index contributed by atoms with van der Waals surface area (Å²) in [4.78, 5) is 41.8. The van der Waals surface area contributed by atoms with Gasteiger partial charge in [-0.05, 0) is 32.3 Å². The normalized spacial score (nSPS) is 22.9. The molecule has 9 nitrogen and oxygen atoms in total. The predicted octanol–water partition coefficient (Wildman–Crippen LogP) is 2.10. The van der Waals surface area contributed by atoms with Gasteiger partial charge in [0.1, 0.15) is 17.2 Å². The number of rotatable bonds is 8. The molecule has 4 rings (SSSR count). The quantitative estimate of drug-likeness (QED) is 0.460. The molecule has 11 heteroatoms. The first kappa shape index (κ1) is 26.7. The molecule has 1 fully saturated rings. The number of halogens is 2. The molecule has 3 atom stereocenters. The first-order valence-corrected chi connectivity index (χ1v) is 12.5. The number of unbranched alkanes of at least 4 members (excludes halogenated alkanes) is 1. The molecule has 0 radical (unpaired) electrons. The molecule has 3 heterocycles. The van der Waals surface area contributed by atoms with E-state index in [0.29, 0.717) is 25.3 Å². The van der Waals surface area contributed by atoms with Gasteiger partial charge in [0.2, 0.25) is 5.43 Å². The molecule has 37 heavy (non-hydrogen) atoms. The van der Waals surface area contributed by atoms with Gasteiger partial charge in [0.15, 0.2) is 11.4 Å². The Labute approximate surface area is 213 Å². The Hall–Kier alpha value is -3.31. The number of benzene rings is 1. The van der Waals surface area contributed by atoms with Gasteiger partial charge >= 0.3 is 0 Å². The summed E-state index contributed by atoms with van der Waals surface area (Å²) in [6.07, 6.45) is 3.47. The van der Waals surface area contributed by atoms with E-state index in [9.17, 15) is 28.3 Å². The minimum absolute atomic E-state index is 0.0286. The number of nitrogens with two attached hydrogens (primary N) is 1. The molecule has 1 saturated heterocycles. The highest BCUT2D eigenvalue weighted by Gasteiger charge is 2.48. The van der Waals surface area contributed by atoms with E-state index in [1.54, 1.807) is 4.90 Å². The number of ether oxygens (including phenoxy) is 1. The van der Waals surface area contributed by atoms with Crippen molar-refractivity contribution in [2.24, 2.45) is 5.73 Å². The van der Waals surface area contributed by atoms with Gasteiger partial charge < -0.3 is 30.4 Å². The highest BCUT2D eigenvalue weighted by molar-refractivity contribution is 5.99. The van der Waals surface area contributed by atoms with E-state index in [4.69, 9.17) is 10.5 Å². The van der Waals surface area contributed by atoms with Crippen molar-refractivity contribution in [3.8, 4) is 5.75 Å². The molecule has 2 aromatic rings. The molecule has 0 saturated carbocycles. The van der Waals surface area contributed by atoms with Crippen LogP contribution in [0.5, 0.6) is 5.75 Å². The van der Waals surface area contributed by atoms with Crippen molar-refractivity contribution < 1.29 is 28.2 Å². The van der Waals surface area contributed by atoms with Crippen molar-refractivity contribution in [3.05, 3.63) is 63.1 Å². The van der Waals surface area contributed by atoms with Gasteiger partial charge in [0.25, 0.3) is 11.8 Å². The number of carbonyl (C=O) groups is 2. The van der Waals surface area contributed by atoms with Crippen LogP contribution in [0.1, 0.15) is 72.0 Å². The van der Waals surface area contributed by atoms with Crippen LogP contribution in [0.2, 0.25) is 0 Å². The Kier molecular flexibility index (Phi) is 7.65. The molecule has 2 aliphatic rings. The lowest BCUT2D eigenvalue weighted by Crippen LogP contribution is -2.54. The maximum atomic E-state index is 14.1. The topological polar surface area (TPSA) is 127 Å². The van der Waals surface area contributed by atoms with E-state index in [0.717, 1.165) is 12.5 Å². The fraction of sp³-hybridized carbons (Fsp3) is 0.500. The van der Waals surface area contributed by atoms with E-state index in [2.05, 4.69) is 5.32 Å². The summed E-state index contributed by atoms with van der Waals surface area (Å²) in [5.74, 6) is -3.09. The second-order valence-corrected chi connectivity index (χ2v) is 9.75. The largest absolute Gasteiger partial charge is 0.487 e. The van der Waals surface area contributed by atoms with Crippen LogP contribution in [0, 0.1) is 11.6 Å². The average molecular weight is 519 g/mol. The zero-order valence-corrected chi connectivity index (χ0v) is 20.9. The van der Waals surface area contributed by atoms with Gasteiger partial charge in [-0.1, -0.05) is 19.4 Å². The van der Waals surface area contributed by atoms with E-state index in [1.165, 1.54) is 16.8 Å². The molecule has 200 valence electrons. The molecule has 0 aliphatic carbocycles. The first-order valence-electron chi connectivity index (χ1n) is 12.5. The first-order chi connectivity index (χ1) is 17.6. The van der Waals surface area contributed by atoms with Crippen LogP contribution >= 0.6 is 0 Å². The number of hydrogen-bond donors (Lipinski definition) is 3. The van der Waals surface area contributed by atoms with Gasteiger partial charge in [0.05, 0.1) is 18.2 Å². The third-order valence-electron chi connectivity index (χ3n) is 7.31. The van der Waals surface area contributed by atoms with Crippen molar-refractivity contribution in [1.29, 1.82) is 0 Å². The van der Waals surface area contributed by atoms with E-state index < -0.39 is 40.5 Å². The number of fused-ring (bicyclic) bond motifs is 4. The fourth-order valence-electron chi connectivity index (χ4n) is 4.93. The Morgan fingerprint density at radius 1 is 1.32 bits per heavy atom. The molecule has 2 bridgehead atoms. The summed E-state index contributed by atoms with van der Waals surface area (Å²) in [7, 11) is 0. The number of amides is 2. The van der Waals surface area contributed by atoms with Crippen LogP contribution in [-0.2, 0) is 6.54 Å². The van der Waals surface area contributed by atoms with E-state index >= 15 is 0 Å². The highest BCUT2D eigenvalue weighted by atomic mass is 19.1. The summed E-state index contributed by atoms with van der Waals surface area (Å²) in [6, 6.07) is 2.05. The molecule has 2 amide bonds. The van der Waals surface area contributed by atoms with E-state index in [1.807, 2.05) is 13.8 Å². The lowest BCUT2D eigenvalue weighted by molar-refractivity contribution is -0.0166. The third kappa shape index (κ3) is 4.97. The second-order valence-electron chi connectivity index (χ2n) is 9.75. The van der Waals surface area contributed by atoms with Gasteiger partial charge in [-0.15, -0.1) is 0 Å². The number of nitrogens with one attached hydrogen (secondary N) is 1. The van der Waals surface area contributed by atoms with Crippen molar-refractivity contribution in [2.75, 3.05) is 19.7 Å². The van der Waals surface area contributed by atoms with Crippen LogP contribution in [0.4, 0.5) is 8.78 Å². The maximum Gasteiger partial charge on any atom is 0.274 e. The Balaban J connectivity index is 1.80. The third-order valence-corrected chi connectivity index (χ3v) is 7.31. The molecule has 2 aliphatic heterocycles. The highest BCUT2D eigenvalue weighted by Crippen LogP contribution is 2.39. The van der Waals surface area contributed by atoms with Crippen molar-refractivity contribution in [2.45, 2.75) is 63.8 Å². The lowest BCUT2D eigenvalue weighted by atomic mass is 9.88. The molecular weight excluding hydrogens is 486 g/mol. The fourth-order valence-corrected chi connectivity index (χ4v) is 4.93. The number of aromatic nitrogens is 1. The summed E-state index contributed by atoms with van der Waals surface area (Å²) in [6.45, 7) is 3.74. The smallest absolute Gasteiger partial charge is 0.274 e. The predicted molar refractivity (Wildman–Crippen MR) is 131 cm³/mol. The Bertz CT molecular complexity index is 1270. The Morgan fingerprint density at radius 2 is 2.08 bits per heavy atom. The van der Waals surface area contributed by atoms with Crippen LogP contribution in [-0.4, -0.2) is 57.7 Å². The maximum absolute atomic E-state index is 14.1. The summed E-state index contributed by atoms with van der Waals surface area (Å²) < 4.78 is 34.5. The van der Waals surface area contributed by atoms with Crippen LogP contribution in [0.3, 0.4) is 0 Å². The van der Waals surface area contributed by atoms with Gasteiger partial charge in [-0.25, -0.2) is 8.78 Å². The van der Waals surface area contributed by atoms with Crippen LogP contribution in [0.25, 0.3) is 0 Å². The number of nitrogens with zero attached hydrogens (tertiary/aromatic N) is 2. The standard InChI is InChI=1S/C26H32F2N4O5/c1-3-4-9-37-23-21-25(35)31-13-20(26(36,14-29)8-7-15(31)2)32(21)12-18(22(23)33)24(34)30-11-16-5-6-17(27)10-19(16)28/h5-6,10,12,15,20,36H,3-4,7-9,11,13-14,29H2,1-2H3,(H,30,34)/t15-,20+,26?/m0/s1. The molecule has 1 aromatic heterocycles. The van der Waals surface area contributed by atoms with Gasteiger partial charge in [-0.2, -0.15) is 0 Å². The minimum Gasteiger partial charge on any atom is -0.487 e. The minimum atomic E-state index is -1.39. The van der Waals surface area contributed by atoms with Gasteiger partial charge in [0, 0.05) is 43.5 Å². The SMILES string of the molecule is CCCCOc1c2n(cc(C(=O)NCc3ccc(F)cc3F)c1=O)[C@@H]1CN(C2=O)[C@@H](C)CCC1(O)CN. The number of carbonyl (C=O) groups excluding carboxylic acids is 2. The number of aliphatic hydroxyl groups is 1. The van der Waals surface area contributed by atoms with Crippen LogP contribution < -0.4 is 21.2 Å². The summed E-state index contributed by atoms with van der Waals surface area (Å²) >= 11 is 0. The monoisotopic (exact) mass is 518 g/mol. The number of hydrogen-bond acceptors (Lipinski definition) is 6. The van der Waals surface area contributed by atoms with Crippen LogP contribution in [0.15, 0.2) is 29.2 Å². The summed E-state index contributed by atoms with van der Waals surface area (Å²) in [5, 5.41) is 13.9. The molecule has 4 N–H and O–H groups in total. The zero-order valence-electron chi connectivity index (χ0n) is 20.9. The van der Waals surface area contributed by atoms with Gasteiger partial charge in [-0.3, -0.25) is 14.4 Å². The average Bonchev–Trinajstić information content (AvgIpc) is 2.98.